The van der Waals surface area contributed by atoms with Crippen LogP contribution in [0.4, 0.5) is 0 Å². The molecule has 94 valence electrons. The number of amides is 1. The number of carbonyl (C=O) groups excluding carboxylic acids is 1. The Kier molecular flexibility index (Phi) is 5.19. The van der Waals surface area contributed by atoms with Gasteiger partial charge in [-0.25, -0.2) is 0 Å². The predicted molar refractivity (Wildman–Crippen MR) is 75.2 cm³/mol. The van der Waals surface area contributed by atoms with E-state index in [9.17, 15) is 4.79 Å². The van der Waals surface area contributed by atoms with Gasteiger partial charge in [-0.3, -0.25) is 4.79 Å². The lowest BCUT2D eigenvalue weighted by molar-refractivity contribution is 0.0728. The third kappa shape index (κ3) is 4.15. The van der Waals surface area contributed by atoms with Gasteiger partial charge in [0.1, 0.15) is 0 Å². The Morgan fingerprint density at radius 3 is 2.24 bits per heavy atom. The zero-order valence-electron chi connectivity index (χ0n) is 10.9. The summed E-state index contributed by atoms with van der Waals surface area (Å²) in [5.74, 6) is 0.691. The number of rotatable bonds is 4. The first-order valence-electron chi connectivity index (χ1n) is 5.94. The van der Waals surface area contributed by atoms with Crippen molar-refractivity contribution in [2.75, 3.05) is 7.05 Å². The van der Waals surface area contributed by atoms with Crippen LogP contribution >= 0.6 is 15.9 Å². The highest BCUT2D eigenvalue weighted by atomic mass is 79.9. The maximum atomic E-state index is 12.2. The highest BCUT2D eigenvalue weighted by molar-refractivity contribution is 9.10. The number of halogens is 1. The van der Waals surface area contributed by atoms with E-state index >= 15 is 0 Å². The molecule has 0 radical (unpaired) electrons. The van der Waals surface area contributed by atoms with Crippen molar-refractivity contribution in [3.63, 3.8) is 0 Å². The molecule has 0 aromatic heterocycles. The van der Waals surface area contributed by atoms with Crippen molar-refractivity contribution in [3.8, 4) is 0 Å². The number of hydrogen-bond acceptors (Lipinski definition) is 1. The monoisotopic (exact) mass is 297 g/mol. The number of benzene rings is 1. The molecular formula is C14H20BrNO. The van der Waals surface area contributed by atoms with Gasteiger partial charge in [0, 0.05) is 23.1 Å². The van der Waals surface area contributed by atoms with Gasteiger partial charge in [-0.2, -0.15) is 0 Å². The summed E-state index contributed by atoms with van der Waals surface area (Å²) >= 11 is 3.37. The van der Waals surface area contributed by atoms with Gasteiger partial charge in [0.2, 0.25) is 0 Å². The summed E-state index contributed by atoms with van der Waals surface area (Å²) in [6.45, 7) is 6.44. The lowest BCUT2D eigenvalue weighted by Crippen LogP contribution is -2.35. The van der Waals surface area contributed by atoms with E-state index in [1.54, 1.807) is 0 Å². The molecule has 1 aromatic rings. The summed E-state index contributed by atoms with van der Waals surface area (Å²) in [6.07, 6.45) is 1.03. The fourth-order valence-electron chi connectivity index (χ4n) is 1.84. The van der Waals surface area contributed by atoms with E-state index in [2.05, 4.69) is 36.7 Å². The van der Waals surface area contributed by atoms with Gasteiger partial charge in [-0.15, -0.1) is 0 Å². The Labute approximate surface area is 112 Å². The summed E-state index contributed by atoms with van der Waals surface area (Å²) < 4.78 is 0.993. The molecule has 1 aromatic carbocycles. The molecule has 0 spiro atoms. The second kappa shape index (κ2) is 6.20. The van der Waals surface area contributed by atoms with Crippen LogP contribution < -0.4 is 0 Å². The van der Waals surface area contributed by atoms with E-state index in [1.165, 1.54) is 0 Å². The molecule has 1 rings (SSSR count). The summed E-state index contributed by atoms with van der Waals surface area (Å²) in [6, 6.07) is 7.77. The first kappa shape index (κ1) is 14.2. The molecule has 0 saturated carbocycles. The van der Waals surface area contributed by atoms with Crippen LogP contribution in [-0.4, -0.2) is 23.9 Å². The first-order chi connectivity index (χ1) is 7.91. The smallest absolute Gasteiger partial charge is 0.253 e. The van der Waals surface area contributed by atoms with Crippen molar-refractivity contribution in [1.82, 2.24) is 4.90 Å². The number of hydrogen-bond donors (Lipinski definition) is 0. The molecule has 1 unspecified atom stereocenters. The van der Waals surface area contributed by atoms with Gasteiger partial charge >= 0.3 is 0 Å². The molecule has 17 heavy (non-hydrogen) atoms. The van der Waals surface area contributed by atoms with E-state index in [4.69, 9.17) is 0 Å². The third-order valence-corrected chi connectivity index (χ3v) is 3.41. The molecule has 2 nitrogen and oxygen atoms in total. The van der Waals surface area contributed by atoms with Crippen LogP contribution in [0.5, 0.6) is 0 Å². The molecule has 1 amide bonds. The molecule has 0 aliphatic carbocycles. The average Bonchev–Trinajstić information content (AvgIpc) is 2.27. The molecular weight excluding hydrogens is 278 g/mol. The number of nitrogens with zero attached hydrogens (tertiary/aromatic N) is 1. The van der Waals surface area contributed by atoms with E-state index < -0.39 is 0 Å². The Balaban J connectivity index is 2.72. The molecule has 0 fully saturated rings. The lowest BCUT2D eigenvalue weighted by Gasteiger charge is -2.26. The Bertz CT molecular complexity index is 372. The topological polar surface area (TPSA) is 20.3 Å². The minimum absolute atomic E-state index is 0.0886. The molecule has 0 aliphatic rings. The van der Waals surface area contributed by atoms with Gasteiger partial charge in [-0.1, -0.05) is 29.8 Å². The molecule has 0 aliphatic heterocycles. The van der Waals surface area contributed by atoms with Gasteiger partial charge in [0.15, 0.2) is 0 Å². The standard InChI is InChI=1S/C14H20BrNO/c1-10(2)9-11(3)16(4)14(17)12-5-7-13(15)8-6-12/h5-8,10-11H,9H2,1-4H3. The van der Waals surface area contributed by atoms with Gasteiger partial charge in [-0.05, 0) is 43.5 Å². The van der Waals surface area contributed by atoms with Crippen LogP contribution in [0.1, 0.15) is 37.6 Å². The van der Waals surface area contributed by atoms with Crippen molar-refractivity contribution in [2.24, 2.45) is 5.92 Å². The minimum atomic E-state index is 0.0886. The van der Waals surface area contributed by atoms with E-state index in [1.807, 2.05) is 36.2 Å². The third-order valence-electron chi connectivity index (χ3n) is 2.89. The van der Waals surface area contributed by atoms with Crippen molar-refractivity contribution < 1.29 is 4.79 Å². The predicted octanol–water partition coefficient (Wildman–Crippen LogP) is 3.96. The maximum Gasteiger partial charge on any atom is 0.253 e. The normalized spacial score (nSPS) is 12.6. The highest BCUT2D eigenvalue weighted by Gasteiger charge is 2.17. The molecule has 0 saturated heterocycles. The van der Waals surface area contributed by atoms with Crippen molar-refractivity contribution in [2.45, 2.75) is 33.2 Å². The van der Waals surface area contributed by atoms with Crippen molar-refractivity contribution >= 4 is 21.8 Å². The van der Waals surface area contributed by atoms with E-state index in [0.29, 0.717) is 5.92 Å². The summed E-state index contributed by atoms with van der Waals surface area (Å²) in [7, 11) is 1.87. The van der Waals surface area contributed by atoms with Crippen LogP contribution in [0, 0.1) is 5.92 Å². The van der Waals surface area contributed by atoms with Gasteiger partial charge in [0.05, 0.1) is 0 Å². The van der Waals surface area contributed by atoms with Crippen LogP contribution in [0.3, 0.4) is 0 Å². The largest absolute Gasteiger partial charge is 0.339 e. The van der Waals surface area contributed by atoms with Gasteiger partial charge in [0.25, 0.3) is 5.91 Å². The van der Waals surface area contributed by atoms with Gasteiger partial charge < -0.3 is 4.90 Å². The average molecular weight is 298 g/mol. The molecule has 0 N–H and O–H groups in total. The van der Waals surface area contributed by atoms with Crippen LogP contribution in [0.2, 0.25) is 0 Å². The number of carbonyl (C=O) groups is 1. The summed E-state index contributed by atoms with van der Waals surface area (Å²) in [5, 5.41) is 0. The highest BCUT2D eigenvalue weighted by Crippen LogP contribution is 2.15. The summed E-state index contributed by atoms with van der Waals surface area (Å²) in [5.41, 5.74) is 0.742. The summed E-state index contributed by atoms with van der Waals surface area (Å²) in [4.78, 5) is 14.0. The van der Waals surface area contributed by atoms with Crippen LogP contribution in [0.25, 0.3) is 0 Å². The maximum absolute atomic E-state index is 12.2. The van der Waals surface area contributed by atoms with E-state index in [0.717, 1.165) is 16.5 Å². The first-order valence-corrected chi connectivity index (χ1v) is 6.74. The SMILES string of the molecule is CC(C)CC(C)N(C)C(=O)c1ccc(Br)cc1. The molecule has 0 heterocycles. The van der Waals surface area contributed by atoms with Crippen LogP contribution in [0.15, 0.2) is 28.7 Å². The fraction of sp³-hybridized carbons (Fsp3) is 0.500. The molecule has 1 atom stereocenters. The van der Waals surface area contributed by atoms with Crippen molar-refractivity contribution in [1.29, 1.82) is 0 Å². The zero-order chi connectivity index (χ0) is 13.0. The lowest BCUT2D eigenvalue weighted by atomic mass is 10.0. The Morgan fingerprint density at radius 1 is 1.24 bits per heavy atom. The second-order valence-electron chi connectivity index (χ2n) is 4.90. The van der Waals surface area contributed by atoms with Crippen molar-refractivity contribution in [3.05, 3.63) is 34.3 Å². The quantitative estimate of drug-likeness (QED) is 0.824. The zero-order valence-corrected chi connectivity index (χ0v) is 12.5. The second-order valence-corrected chi connectivity index (χ2v) is 5.82. The molecule has 3 heteroatoms. The Morgan fingerprint density at radius 2 is 1.76 bits per heavy atom. The Hall–Kier alpha value is -0.830. The molecule has 0 bridgehead atoms. The van der Waals surface area contributed by atoms with E-state index in [-0.39, 0.29) is 11.9 Å². The van der Waals surface area contributed by atoms with Crippen LogP contribution in [-0.2, 0) is 0 Å². The fourth-order valence-corrected chi connectivity index (χ4v) is 2.10. The minimum Gasteiger partial charge on any atom is -0.339 e.